The summed E-state index contributed by atoms with van der Waals surface area (Å²) in [7, 11) is 0. The Labute approximate surface area is 130 Å². The number of hydrogen-bond donors (Lipinski definition) is 1. The van der Waals surface area contributed by atoms with Crippen LogP contribution in [0.1, 0.15) is 31.9 Å². The van der Waals surface area contributed by atoms with E-state index >= 15 is 0 Å². The van der Waals surface area contributed by atoms with Crippen LogP contribution in [0, 0.1) is 5.92 Å². The first kappa shape index (κ1) is 15.4. The maximum absolute atomic E-state index is 6.39. The van der Waals surface area contributed by atoms with Crippen molar-refractivity contribution in [3.63, 3.8) is 0 Å². The molecule has 0 saturated heterocycles. The number of benzene rings is 2. The Kier molecular flexibility index (Phi) is 5.53. The van der Waals surface area contributed by atoms with Crippen LogP contribution in [0.4, 0.5) is 0 Å². The van der Waals surface area contributed by atoms with E-state index in [1.165, 1.54) is 15.4 Å². The zero-order chi connectivity index (χ0) is 14.5. The normalized spacial score (nSPS) is 14.0. The molecule has 1 unspecified atom stereocenters. The van der Waals surface area contributed by atoms with Crippen molar-refractivity contribution in [2.24, 2.45) is 11.7 Å². The second-order valence-electron chi connectivity index (χ2n) is 5.01. The molecule has 0 bridgehead atoms. The fourth-order valence-corrected chi connectivity index (χ4v) is 3.16. The first-order valence-electron chi connectivity index (χ1n) is 6.89. The van der Waals surface area contributed by atoms with E-state index in [0.717, 1.165) is 11.4 Å². The summed E-state index contributed by atoms with van der Waals surface area (Å²) in [6.07, 6.45) is 1.08. The fraction of sp³-hybridized carbons (Fsp3) is 0.294. The summed E-state index contributed by atoms with van der Waals surface area (Å²) in [6, 6.07) is 16.4. The van der Waals surface area contributed by atoms with Gasteiger partial charge in [0.2, 0.25) is 0 Å². The van der Waals surface area contributed by atoms with Crippen molar-refractivity contribution >= 4 is 23.4 Å². The van der Waals surface area contributed by atoms with Gasteiger partial charge in [-0.2, -0.15) is 0 Å². The highest BCUT2D eigenvalue weighted by atomic mass is 35.5. The molecule has 0 amide bonds. The SMILES string of the molecule is CCC(C)[C@H](N)c1ccccc1Sc1ccc(Cl)cc1. The molecule has 0 spiro atoms. The maximum Gasteiger partial charge on any atom is 0.0406 e. The summed E-state index contributed by atoms with van der Waals surface area (Å²) in [5.41, 5.74) is 7.62. The lowest BCUT2D eigenvalue weighted by Gasteiger charge is -2.21. The third-order valence-electron chi connectivity index (χ3n) is 3.58. The van der Waals surface area contributed by atoms with Gasteiger partial charge in [0.05, 0.1) is 0 Å². The summed E-state index contributed by atoms with van der Waals surface area (Å²) in [5, 5.41) is 0.763. The molecule has 0 aromatic heterocycles. The number of nitrogens with two attached hydrogens (primary N) is 1. The van der Waals surface area contributed by atoms with Crippen molar-refractivity contribution in [1.82, 2.24) is 0 Å². The molecule has 0 aliphatic heterocycles. The minimum atomic E-state index is 0.0796. The van der Waals surface area contributed by atoms with Crippen LogP contribution < -0.4 is 5.73 Å². The van der Waals surface area contributed by atoms with Crippen molar-refractivity contribution in [3.05, 3.63) is 59.1 Å². The van der Waals surface area contributed by atoms with Gasteiger partial charge in [0.25, 0.3) is 0 Å². The van der Waals surface area contributed by atoms with E-state index in [1.54, 1.807) is 11.8 Å². The van der Waals surface area contributed by atoms with Crippen molar-refractivity contribution in [1.29, 1.82) is 0 Å². The third-order valence-corrected chi connectivity index (χ3v) is 4.93. The van der Waals surface area contributed by atoms with E-state index in [0.29, 0.717) is 5.92 Å². The largest absolute Gasteiger partial charge is 0.324 e. The molecule has 0 radical (unpaired) electrons. The highest BCUT2D eigenvalue weighted by Gasteiger charge is 2.16. The zero-order valence-electron chi connectivity index (χ0n) is 11.8. The topological polar surface area (TPSA) is 26.0 Å². The summed E-state index contributed by atoms with van der Waals surface area (Å²) in [5.74, 6) is 0.474. The second-order valence-corrected chi connectivity index (χ2v) is 6.56. The van der Waals surface area contributed by atoms with Crippen LogP contribution in [0.15, 0.2) is 58.3 Å². The van der Waals surface area contributed by atoms with Gasteiger partial charge in [-0.3, -0.25) is 0 Å². The van der Waals surface area contributed by atoms with Gasteiger partial charge in [-0.1, -0.05) is 61.8 Å². The molecule has 0 fully saturated rings. The Hall–Kier alpha value is -0.960. The second kappa shape index (κ2) is 7.16. The standard InChI is InChI=1S/C17H20ClNS/c1-3-12(2)17(19)15-6-4-5-7-16(15)20-14-10-8-13(18)9-11-14/h4-12,17H,3,19H2,1-2H3/t12?,17-/m0/s1. The van der Waals surface area contributed by atoms with Crippen molar-refractivity contribution in [3.8, 4) is 0 Å². The van der Waals surface area contributed by atoms with Gasteiger partial charge in [0, 0.05) is 20.9 Å². The van der Waals surface area contributed by atoms with Crippen LogP contribution in [0.2, 0.25) is 5.02 Å². The molecule has 0 heterocycles. The highest BCUT2D eigenvalue weighted by molar-refractivity contribution is 7.99. The monoisotopic (exact) mass is 305 g/mol. The van der Waals surface area contributed by atoms with Crippen molar-refractivity contribution in [2.75, 3.05) is 0 Å². The first-order chi connectivity index (χ1) is 9.61. The molecule has 2 rings (SSSR count). The molecule has 1 nitrogen and oxygen atoms in total. The molecule has 2 atom stereocenters. The van der Waals surface area contributed by atoms with Gasteiger partial charge in [-0.05, 0) is 41.8 Å². The van der Waals surface area contributed by atoms with Crippen LogP contribution in [0.3, 0.4) is 0 Å². The Bertz CT molecular complexity index is 553. The van der Waals surface area contributed by atoms with Crippen LogP contribution in [0.5, 0.6) is 0 Å². The van der Waals surface area contributed by atoms with Gasteiger partial charge in [0.15, 0.2) is 0 Å². The van der Waals surface area contributed by atoms with E-state index in [1.807, 2.05) is 24.3 Å². The predicted molar refractivity (Wildman–Crippen MR) is 88.4 cm³/mol. The molecular formula is C17H20ClNS. The van der Waals surface area contributed by atoms with Crippen molar-refractivity contribution in [2.45, 2.75) is 36.1 Å². The molecule has 2 aromatic carbocycles. The summed E-state index contributed by atoms with van der Waals surface area (Å²) in [4.78, 5) is 2.40. The van der Waals surface area contributed by atoms with Crippen molar-refractivity contribution < 1.29 is 0 Å². The lowest BCUT2D eigenvalue weighted by Crippen LogP contribution is -2.19. The minimum absolute atomic E-state index is 0.0796. The van der Waals surface area contributed by atoms with Gasteiger partial charge in [-0.25, -0.2) is 0 Å². The van der Waals surface area contributed by atoms with Gasteiger partial charge in [0.1, 0.15) is 0 Å². The fourth-order valence-electron chi connectivity index (χ4n) is 2.04. The highest BCUT2D eigenvalue weighted by Crippen LogP contribution is 2.35. The van der Waals surface area contributed by atoms with E-state index in [9.17, 15) is 0 Å². The molecule has 3 heteroatoms. The predicted octanol–water partition coefficient (Wildman–Crippen LogP) is 5.54. The molecule has 20 heavy (non-hydrogen) atoms. The Morgan fingerprint density at radius 1 is 1.10 bits per heavy atom. The third kappa shape index (κ3) is 3.78. The van der Waals surface area contributed by atoms with Gasteiger partial charge < -0.3 is 5.73 Å². The Balaban J connectivity index is 2.25. The quantitative estimate of drug-likeness (QED) is 0.785. The average molecular weight is 306 g/mol. The van der Waals surface area contributed by atoms with Crippen LogP contribution >= 0.6 is 23.4 Å². The van der Waals surface area contributed by atoms with E-state index in [-0.39, 0.29) is 6.04 Å². The molecule has 0 saturated carbocycles. The van der Waals surface area contributed by atoms with Gasteiger partial charge >= 0.3 is 0 Å². The Morgan fingerprint density at radius 3 is 2.40 bits per heavy atom. The first-order valence-corrected chi connectivity index (χ1v) is 8.09. The molecule has 106 valence electrons. The lowest BCUT2D eigenvalue weighted by atomic mass is 9.93. The molecule has 2 aromatic rings. The maximum atomic E-state index is 6.39. The van der Waals surface area contributed by atoms with Gasteiger partial charge in [-0.15, -0.1) is 0 Å². The van der Waals surface area contributed by atoms with E-state index < -0.39 is 0 Å². The minimum Gasteiger partial charge on any atom is -0.324 e. The van der Waals surface area contributed by atoms with Crippen LogP contribution in [0.25, 0.3) is 0 Å². The van der Waals surface area contributed by atoms with Crippen LogP contribution in [-0.2, 0) is 0 Å². The molecular weight excluding hydrogens is 286 g/mol. The zero-order valence-corrected chi connectivity index (χ0v) is 13.4. The van der Waals surface area contributed by atoms with E-state index in [2.05, 4.69) is 38.1 Å². The summed E-state index contributed by atoms with van der Waals surface area (Å²) >= 11 is 7.67. The smallest absolute Gasteiger partial charge is 0.0406 e. The average Bonchev–Trinajstić information content (AvgIpc) is 2.48. The summed E-state index contributed by atoms with van der Waals surface area (Å²) < 4.78 is 0. The lowest BCUT2D eigenvalue weighted by molar-refractivity contribution is 0.452. The number of rotatable bonds is 5. The molecule has 0 aliphatic rings. The Morgan fingerprint density at radius 2 is 1.75 bits per heavy atom. The summed E-state index contributed by atoms with van der Waals surface area (Å²) in [6.45, 7) is 4.38. The van der Waals surface area contributed by atoms with Crippen LogP contribution in [-0.4, -0.2) is 0 Å². The van der Waals surface area contributed by atoms with E-state index in [4.69, 9.17) is 17.3 Å². The molecule has 0 aliphatic carbocycles. The molecule has 2 N–H and O–H groups in total. The number of halogens is 1. The number of hydrogen-bond acceptors (Lipinski definition) is 2.